The van der Waals surface area contributed by atoms with Crippen molar-refractivity contribution in [1.82, 2.24) is 20.4 Å². The van der Waals surface area contributed by atoms with E-state index in [0.717, 1.165) is 31.7 Å². The van der Waals surface area contributed by atoms with Crippen LogP contribution in [0.4, 0.5) is 5.69 Å². The third-order valence-corrected chi connectivity index (χ3v) is 8.52. The second-order valence-electron chi connectivity index (χ2n) is 11.7. The first-order chi connectivity index (χ1) is 21.8. The molecule has 2 fully saturated rings. The van der Waals surface area contributed by atoms with Gasteiger partial charge in [-0.3, -0.25) is 19.3 Å². The maximum atomic E-state index is 13.6. The Hall–Kier alpha value is -4.77. The number of ether oxygens (including phenoxy) is 3. The number of nitrogens with zero attached hydrogens (tertiary/aromatic N) is 3. The average Bonchev–Trinajstić information content (AvgIpc) is 3.45. The maximum Gasteiger partial charge on any atom is 0.258 e. The fourth-order valence-electron chi connectivity index (χ4n) is 5.95. The normalized spacial score (nSPS) is 20.8. The Kier molecular flexibility index (Phi) is 9.06. The molecule has 0 unspecified atom stereocenters. The largest absolute Gasteiger partial charge is 0.493 e. The van der Waals surface area contributed by atoms with E-state index >= 15 is 0 Å². The number of anilines is 1. The van der Waals surface area contributed by atoms with Crippen LogP contribution >= 0.6 is 0 Å². The zero-order valence-electron chi connectivity index (χ0n) is 25.7. The lowest BCUT2D eigenvalue weighted by atomic mass is 10.1. The van der Waals surface area contributed by atoms with E-state index in [1.54, 1.807) is 23.1 Å². The molecular weight excluding hydrogens is 574 g/mol. The van der Waals surface area contributed by atoms with Crippen LogP contribution in [0, 0.1) is 6.92 Å². The van der Waals surface area contributed by atoms with Crippen molar-refractivity contribution >= 4 is 23.4 Å². The quantitative estimate of drug-likeness (QED) is 0.461. The highest BCUT2D eigenvalue weighted by atomic mass is 16.5. The zero-order valence-corrected chi connectivity index (χ0v) is 25.7. The molecule has 0 radical (unpaired) electrons. The number of piperazine rings is 1. The van der Waals surface area contributed by atoms with E-state index in [1.165, 1.54) is 18.4 Å². The van der Waals surface area contributed by atoms with Crippen LogP contribution < -0.4 is 29.7 Å². The van der Waals surface area contributed by atoms with Crippen molar-refractivity contribution in [2.24, 2.45) is 0 Å². The Morgan fingerprint density at radius 1 is 0.978 bits per heavy atom. The molecule has 3 aromatic rings. The molecule has 2 saturated heterocycles. The van der Waals surface area contributed by atoms with Crippen molar-refractivity contribution in [1.29, 1.82) is 0 Å². The van der Waals surface area contributed by atoms with Gasteiger partial charge in [-0.25, -0.2) is 0 Å². The third kappa shape index (κ3) is 7.31. The second kappa shape index (κ2) is 13.5. The standard InChI is InChI=1S/C34H39N5O6/c1-23-4-3-5-26(16-23)38-14-12-37(13-15-38)21-33(41)39-19-28-31(20-39)45-27-9-6-24(7-10-27)18-35-32(40)22-44-30-17-25(34(42)36-28)8-11-29(30)43-2/h3-11,16-17,28,31H,12-15,18-22H2,1-2H3,(H,35,40)(H,36,42)/t28-,31-/m0/s1. The molecule has 4 aliphatic rings. The van der Waals surface area contributed by atoms with Crippen molar-refractivity contribution in [3.05, 3.63) is 83.4 Å². The Morgan fingerprint density at radius 2 is 1.78 bits per heavy atom. The Balaban J connectivity index is 1.16. The van der Waals surface area contributed by atoms with Gasteiger partial charge in [-0.05, 0) is 60.5 Å². The van der Waals surface area contributed by atoms with E-state index in [4.69, 9.17) is 14.2 Å². The minimum atomic E-state index is -0.453. The predicted molar refractivity (Wildman–Crippen MR) is 169 cm³/mol. The van der Waals surface area contributed by atoms with Gasteiger partial charge in [0.25, 0.3) is 11.8 Å². The summed E-state index contributed by atoms with van der Waals surface area (Å²) in [7, 11) is 1.50. The molecule has 7 rings (SSSR count). The molecule has 4 aliphatic heterocycles. The van der Waals surface area contributed by atoms with E-state index in [2.05, 4.69) is 51.6 Å². The summed E-state index contributed by atoms with van der Waals surface area (Å²) in [5.74, 6) is 0.682. The van der Waals surface area contributed by atoms with E-state index in [9.17, 15) is 14.4 Å². The molecule has 3 aromatic carbocycles. The maximum absolute atomic E-state index is 13.6. The van der Waals surface area contributed by atoms with Gasteiger partial charge in [0.2, 0.25) is 5.91 Å². The molecule has 4 bridgehead atoms. The average molecular weight is 614 g/mol. The number of fused-ring (bicyclic) bond motifs is 7. The summed E-state index contributed by atoms with van der Waals surface area (Å²) in [6, 6.07) is 20.3. The monoisotopic (exact) mass is 613 g/mol. The van der Waals surface area contributed by atoms with Gasteiger partial charge in [0.05, 0.1) is 26.2 Å². The molecule has 0 aliphatic carbocycles. The molecule has 11 heteroatoms. The predicted octanol–water partition coefficient (Wildman–Crippen LogP) is 2.22. The molecule has 4 heterocycles. The number of carbonyl (C=O) groups excluding carboxylic acids is 3. The summed E-state index contributed by atoms with van der Waals surface area (Å²) in [5.41, 5.74) is 3.69. The van der Waals surface area contributed by atoms with E-state index in [0.29, 0.717) is 43.2 Å². The topological polar surface area (TPSA) is 113 Å². The molecule has 11 nitrogen and oxygen atoms in total. The van der Waals surface area contributed by atoms with Crippen LogP contribution in [-0.4, -0.2) is 99.2 Å². The number of benzene rings is 3. The van der Waals surface area contributed by atoms with Crippen molar-refractivity contribution in [3.8, 4) is 17.2 Å². The van der Waals surface area contributed by atoms with Crippen LogP contribution in [0.15, 0.2) is 66.7 Å². The van der Waals surface area contributed by atoms with Crippen molar-refractivity contribution in [3.63, 3.8) is 0 Å². The molecule has 0 saturated carbocycles. The number of carbonyl (C=O) groups is 3. The Labute approximate surface area is 263 Å². The minimum absolute atomic E-state index is 0.0118. The van der Waals surface area contributed by atoms with Gasteiger partial charge in [-0.1, -0.05) is 24.3 Å². The van der Waals surface area contributed by atoms with Gasteiger partial charge in [-0.15, -0.1) is 0 Å². The van der Waals surface area contributed by atoms with Gasteiger partial charge in [0.15, 0.2) is 18.1 Å². The van der Waals surface area contributed by atoms with Crippen LogP contribution in [0.5, 0.6) is 17.2 Å². The fraction of sp³-hybridized carbons (Fsp3) is 0.382. The van der Waals surface area contributed by atoms with Gasteiger partial charge in [0, 0.05) is 50.5 Å². The number of nitrogens with one attached hydrogen (secondary N) is 2. The summed E-state index contributed by atoms with van der Waals surface area (Å²) < 4.78 is 17.5. The third-order valence-electron chi connectivity index (χ3n) is 8.52. The second-order valence-corrected chi connectivity index (χ2v) is 11.7. The number of hydrogen-bond donors (Lipinski definition) is 2. The summed E-state index contributed by atoms with van der Waals surface area (Å²) in [5, 5.41) is 5.92. The molecule has 236 valence electrons. The van der Waals surface area contributed by atoms with Crippen LogP contribution in [0.25, 0.3) is 0 Å². The first kappa shape index (κ1) is 30.3. The minimum Gasteiger partial charge on any atom is -0.493 e. The van der Waals surface area contributed by atoms with Crippen molar-refractivity contribution in [2.45, 2.75) is 25.6 Å². The number of likely N-dealkylation sites (tertiary alicyclic amines) is 1. The Bertz CT molecular complexity index is 1540. The first-order valence-corrected chi connectivity index (χ1v) is 15.3. The van der Waals surface area contributed by atoms with E-state index < -0.39 is 12.1 Å². The van der Waals surface area contributed by atoms with Gasteiger partial charge >= 0.3 is 0 Å². The molecule has 3 amide bonds. The smallest absolute Gasteiger partial charge is 0.258 e. The van der Waals surface area contributed by atoms with Crippen LogP contribution in [-0.2, 0) is 16.1 Å². The van der Waals surface area contributed by atoms with Crippen molar-refractivity contribution in [2.75, 3.05) is 64.4 Å². The number of rotatable bonds is 4. The number of methoxy groups -OCH3 is 1. The highest BCUT2D eigenvalue weighted by molar-refractivity contribution is 5.95. The van der Waals surface area contributed by atoms with Gasteiger partial charge < -0.3 is 34.6 Å². The lowest BCUT2D eigenvalue weighted by Gasteiger charge is -2.36. The lowest BCUT2D eigenvalue weighted by Crippen LogP contribution is -2.50. The SMILES string of the molecule is COc1ccc2cc1OCC(=O)NCc1ccc(cc1)O[C@H]1CN(C(=O)CN3CCN(c4cccc(C)c4)CC3)C[C@@H]1NC2=O. The van der Waals surface area contributed by atoms with Gasteiger partial charge in [0.1, 0.15) is 11.9 Å². The van der Waals surface area contributed by atoms with Gasteiger partial charge in [-0.2, -0.15) is 0 Å². The number of aryl methyl sites for hydroxylation is 1. The molecule has 45 heavy (non-hydrogen) atoms. The highest BCUT2D eigenvalue weighted by Gasteiger charge is 2.38. The summed E-state index contributed by atoms with van der Waals surface area (Å²) in [6.07, 6.45) is -0.453. The summed E-state index contributed by atoms with van der Waals surface area (Å²) in [4.78, 5) is 45.7. The summed E-state index contributed by atoms with van der Waals surface area (Å²) >= 11 is 0. The van der Waals surface area contributed by atoms with E-state index in [-0.39, 0.29) is 30.1 Å². The molecular formula is C34H39N5O6. The molecule has 0 aromatic heterocycles. The first-order valence-electron chi connectivity index (χ1n) is 15.3. The Morgan fingerprint density at radius 3 is 2.53 bits per heavy atom. The molecule has 2 N–H and O–H groups in total. The molecule has 2 atom stereocenters. The highest BCUT2D eigenvalue weighted by Crippen LogP contribution is 2.29. The van der Waals surface area contributed by atoms with Crippen LogP contribution in [0.3, 0.4) is 0 Å². The lowest BCUT2D eigenvalue weighted by molar-refractivity contribution is -0.131. The van der Waals surface area contributed by atoms with Crippen LogP contribution in [0.2, 0.25) is 0 Å². The number of amides is 3. The van der Waals surface area contributed by atoms with Crippen molar-refractivity contribution < 1.29 is 28.6 Å². The fourth-order valence-corrected chi connectivity index (χ4v) is 5.95. The van der Waals surface area contributed by atoms with E-state index in [1.807, 2.05) is 24.3 Å². The van der Waals surface area contributed by atoms with Crippen LogP contribution in [0.1, 0.15) is 21.5 Å². The number of hydrogen-bond acceptors (Lipinski definition) is 8. The molecule has 0 spiro atoms. The zero-order chi connectivity index (χ0) is 31.3. The summed E-state index contributed by atoms with van der Waals surface area (Å²) in [6.45, 7) is 6.48.